The molecule has 9 heteroatoms. The molecule has 0 bridgehead atoms. The van der Waals surface area contributed by atoms with Crippen LogP contribution >= 0.6 is 11.8 Å². The molecule has 0 spiro atoms. The van der Waals surface area contributed by atoms with E-state index in [-0.39, 0.29) is 36.0 Å². The van der Waals surface area contributed by atoms with Crippen molar-refractivity contribution in [3.63, 3.8) is 0 Å². The van der Waals surface area contributed by atoms with Crippen LogP contribution < -0.4 is 5.32 Å². The van der Waals surface area contributed by atoms with Crippen molar-refractivity contribution < 1.29 is 33.8 Å². The Bertz CT molecular complexity index is 902. The summed E-state index contributed by atoms with van der Waals surface area (Å²) >= 11 is 1.29. The number of carbonyl (C=O) groups excluding carboxylic acids is 3. The highest BCUT2D eigenvalue weighted by atomic mass is 32.2. The minimum absolute atomic E-state index is 0.0457. The zero-order valence-corrected chi connectivity index (χ0v) is 36.9. The molecule has 0 saturated heterocycles. The molecule has 0 unspecified atom stereocenters. The van der Waals surface area contributed by atoms with E-state index in [2.05, 4.69) is 26.1 Å². The third-order valence-corrected chi connectivity index (χ3v) is 11.6. The summed E-state index contributed by atoms with van der Waals surface area (Å²) in [5.74, 6) is -1.52. The molecule has 8 nitrogen and oxygen atoms in total. The first-order chi connectivity index (χ1) is 26.8. The Morgan fingerprint density at radius 3 is 1.20 bits per heavy atom. The van der Waals surface area contributed by atoms with Crippen LogP contribution in [-0.4, -0.2) is 59.2 Å². The molecular formula is C46H87NO7S. The number of rotatable bonds is 43. The van der Waals surface area contributed by atoms with E-state index in [4.69, 9.17) is 9.47 Å². The SMILES string of the molecule is CCCCCCCCCCCCCCCC(=O)N[C@H](CSC[C@@H](COC(=O)CCCCCCCCCCC)OC(=O)CCCCCCCCCCC)C(=O)O. The highest BCUT2D eigenvalue weighted by Gasteiger charge is 2.23. The van der Waals surface area contributed by atoms with Gasteiger partial charge in [0.15, 0.2) is 0 Å². The quantitative estimate of drug-likeness (QED) is 0.0462. The van der Waals surface area contributed by atoms with Crippen LogP contribution in [0.1, 0.15) is 239 Å². The van der Waals surface area contributed by atoms with Gasteiger partial charge in [0, 0.05) is 30.8 Å². The van der Waals surface area contributed by atoms with Crippen molar-refractivity contribution in [3.05, 3.63) is 0 Å². The van der Waals surface area contributed by atoms with Crippen LogP contribution in [0.25, 0.3) is 0 Å². The lowest BCUT2D eigenvalue weighted by molar-refractivity contribution is -0.157. The van der Waals surface area contributed by atoms with Gasteiger partial charge in [-0.2, -0.15) is 11.8 Å². The van der Waals surface area contributed by atoms with E-state index in [0.29, 0.717) is 19.3 Å². The van der Waals surface area contributed by atoms with E-state index in [1.54, 1.807) is 0 Å². The van der Waals surface area contributed by atoms with Gasteiger partial charge < -0.3 is 19.9 Å². The lowest BCUT2D eigenvalue weighted by Gasteiger charge is -2.19. The highest BCUT2D eigenvalue weighted by Crippen LogP contribution is 2.16. The number of hydrogen-bond donors (Lipinski definition) is 2. The standard InChI is InChI=1S/C46H87NO7S/c1-4-7-10-13-16-19-20-21-22-25-26-29-32-35-43(48)47-42(46(51)52)40-55-39-41(54-45(50)37-34-31-28-24-18-15-12-9-6-3)38-53-44(49)36-33-30-27-23-17-14-11-8-5-2/h41-42H,4-40H2,1-3H3,(H,47,48)(H,51,52)/t41-,42-/m1/s1. The van der Waals surface area contributed by atoms with Gasteiger partial charge in [-0.1, -0.05) is 201 Å². The molecule has 55 heavy (non-hydrogen) atoms. The summed E-state index contributed by atoms with van der Waals surface area (Å²) in [6, 6.07) is -1.04. The van der Waals surface area contributed by atoms with Crippen LogP contribution in [0.2, 0.25) is 0 Å². The van der Waals surface area contributed by atoms with E-state index >= 15 is 0 Å². The topological polar surface area (TPSA) is 119 Å². The van der Waals surface area contributed by atoms with Crippen LogP contribution in [0.15, 0.2) is 0 Å². The Kier molecular flexibility index (Phi) is 40.5. The number of thioether (sulfide) groups is 1. The van der Waals surface area contributed by atoms with Gasteiger partial charge in [0.05, 0.1) is 0 Å². The van der Waals surface area contributed by atoms with Crippen molar-refractivity contribution in [1.29, 1.82) is 0 Å². The van der Waals surface area contributed by atoms with Crippen LogP contribution in [0.5, 0.6) is 0 Å². The lowest BCUT2D eigenvalue weighted by atomic mass is 10.0. The predicted molar refractivity (Wildman–Crippen MR) is 232 cm³/mol. The highest BCUT2D eigenvalue weighted by molar-refractivity contribution is 7.99. The molecular weight excluding hydrogens is 711 g/mol. The lowest BCUT2D eigenvalue weighted by Crippen LogP contribution is -2.42. The molecule has 0 aliphatic carbocycles. The van der Waals surface area contributed by atoms with Crippen LogP contribution in [0, 0.1) is 0 Å². The molecule has 0 aliphatic heterocycles. The zero-order valence-electron chi connectivity index (χ0n) is 36.1. The molecule has 0 aromatic carbocycles. The fourth-order valence-electron chi connectivity index (χ4n) is 6.84. The predicted octanol–water partition coefficient (Wildman–Crippen LogP) is 13.1. The summed E-state index contributed by atoms with van der Waals surface area (Å²) in [5.41, 5.74) is 0. The Labute approximate surface area is 343 Å². The van der Waals surface area contributed by atoms with Gasteiger partial charge >= 0.3 is 17.9 Å². The number of esters is 2. The molecule has 0 aromatic heterocycles. The number of carbonyl (C=O) groups is 4. The number of aliphatic carboxylic acids is 1. The van der Waals surface area contributed by atoms with E-state index in [1.807, 2.05) is 0 Å². The van der Waals surface area contributed by atoms with Crippen molar-refractivity contribution in [2.45, 2.75) is 251 Å². The molecule has 0 heterocycles. The van der Waals surface area contributed by atoms with Crippen molar-refractivity contribution in [2.75, 3.05) is 18.1 Å². The second-order valence-electron chi connectivity index (χ2n) is 15.9. The van der Waals surface area contributed by atoms with Crippen molar-refractivity contribution >= 4 is 35.6 Å². The Morgan fingerprint density at radius 1 is 0.473 bits per heavy atom. The monoisotopic (exact) mass is 798 g/mol. The van der Waals surface area contributed by atoms with Gasteiger partial charge in [-0.25, -0.2) is 4.79 Å². The number of amides is 1. The molecule has 2 N–H and O–H groups in total. The molecule has 324 valence electrons. The number of carboxylic acids is 1. The van der Waals surface area contributed by atoms with E-state index in [9.17, 15) is 24.3 Å². The molecule has 0 aromatic rings. The average Bonchev–Trinajstić information content (AvgIpc) is 3.16. The molecule has 0 aliphatic rings. The summed E-state index contributed by atoms with van der Waals surface area (Å²) < 4.78 is 11.3. The van der Waals surface area contributed by atoms with Gasteiger partial charge in [0.1, 0.15) is 18.8 Å². The number of ether oxygens (including phenoxy) is 2. The van der Waals surface area contributed by atoms with Crippen LogP contribution in [-0.2, 0) is 28.7 Å². The van der Waals surface area contributed by atoms with E-state index in [1.165, 1.54) is 153 Å². The molecule has 0 rings (SSSR count). The summed E-state index contributed by atoms with van der Waals surface area (Å²) in [5, 5.41) is 12.5. The maximum Gasteiger partial charge on any atom is 0.327 e. The van der Waals surface area contributed by atoms with Crippen LogP contribution in [0.3, 0.4) is 0 Å². The number of nitrogens with one attached hydrogen (secondary N) is 1. The molecule has 2 atom stereocenters. The molecule has 0 saturated carbocycles. The van der Waals surface area contributed by atoms with Gasteiger partial charge in [0.2, 0.25) is 5.91 Å². The Balaban J connectivity index is 4.57. The minimum atomic E-state index is -1.09. The first-order valence-corrected chi connectivity index (χ1v) is 24.4. The third-order valence-electron chi connectivity index (χ3n) is 10.4. The summed E-state index contributed by atoms with van der Waals surface area (Å²) in [4.78, 5) is 49.9. The molecule has 0 fully saturated rings. The van der Waals surface area contributed by atoms with Crippen molar-refractivity contribution in [3.8, 4) is 0 Å². The van der Waals surface area contributed by atoms with Crippen molar-refractivity contribution in [2.24, 2.45) is 0 Å². The normalized spacial score (nSPS) is 12.3. The molecule has 1 amide bonds. The average molecular weight is 798 g/mol. The third kappa shape index (κ3) is 38.9. The fourth-order valence-corrected chi connectivity index (χ4v) is 7.87. The van der Waals surface area contributed by atoms with Gasteiger partial charge in [-0.3, -0.25) is 14.4 Å². The maximum absolute atomic E-state index is 12.8. The van der Waals surface area contributed by atoms with Crippen molar-refractivity contribution in [1.82, 2.24) is 5.32 Å². The minimum Gasteiger partial charge on any atom is -0.480 e. The fraction of sp³-hybridized carbons (Fsp3) is 0.913. The second-order valence-corrected chi connectivity index (χ2v) is 17.0. The number of unbranched alkanes of at least 4 members (excludes halogenated alkanes) is 28. The Morgan fingerprint density at radius 2 is 0.818 bits per heavy atom. The summed E-state index contributed by atoms with van der Waals surface area (Å²) in [6.45, 7) is 6.65. The number of carboxylic acid groups (broad SMARTS) is 1. The first kappa shape index (κ1) is 53.2. The van der Waals surface area contributed by atoms with E-state index in [0.717, 1.165) is 57.8 Å². The van der Waals surface area contributed by atoms with Gasteiger partial charge in [-0.05, 0) is 19.3 Å². The largest absolute Gasteiger partial charge is 0.480 e. The Hall–Kier alpha value is -1.77. The zero-order chi connectivity index (χ0) is 40.5. The van der Waals surface area contributed by atoms with Gasteiger partial charge in [-0.15, -0.1) is 0 Å². The summed E-state index contributed by atoms with van der Waals surface area (Å²) in [6.07, 6.45) is 37.1. The van der Waals surface area contributed by atoms with Gasteiger partial charge in [0.25, 0.3) is 0 Å². The smallest absolute Gasteiger partial charge is 0.327 e. The number of hydrogen-bond acceptors (Lipinski definition) is 7. The molecule has 0 radical (unpaired) electrons. The van der Waals surface area contributed by atoms with Crippen LogP contribution in [0.4, 0.5) is 0 Å². The van der Waals surface area contributed by atoms with E-state index < -0.39 is 18.1 Å². The maximum atomic E-state index is 12.8. The summed E-state index contributed by atoms with van der Waals surface area (Å²) in [7, 11) is 0. The second kappa shape index (κ2) is 41.9. The first-order valence-electron chi connectivity index (χ1n) is 23.3.